The number of rotatable bonds is 8. The zero-order valence-electron chi connectivity index (χ0n) is 16.8. The smallest absolute Gasteiger partial charge is 0.352 e. The van der Waals surface area contributed by atoms with Gasteiger partial charge < -0.3 is 25.7 Å². The number of carbonyl (C=O) groups excluding carboxylic acids is 3. The van der Waals surface area contributed by atoms with Gasteiger partial charge in [0, 0.05) is 23.6 Å². The Hall–Kier alpha value is -3.13. The highest BCUT2D eigenvalue weighted by atomic mass is 32.2. The molecule has 0 radical (unpaired) electrons. The van der Waals surface area contributed by atoms with Crippen molar-refractivity contribution >= 4 is 57.7 Å². The summed E-state index contributed by atoms with van der Waals surface area (Å²) in [4.78, 5) is 59.0. The summed E-state index contributed by atoms with van der Waals surface area (Å²) in [7, 11) is 0. The quantitative estimate of drug-likeness (QED) is 0.197. The molecule has 1 aliphatic carbocycles. The standard InChI is InChI=1S/C18H19N5O7S2/c1-7(24)29-4-8-5-31-16-12(15(26)23(16)13(8)17(27)28)21-14(25)11(22-30-9-2-3-9)10-6-32-18(19)20-10/h6,9,12,16H,2-5H2,1H3,(H2,19,20)(H,21,25)(H,27,28)/t12-,16+/m0/s1. The van der Waals surface area contributed by atoms with Crippen LogP contribution >= 0.6 is 23.1 Å². The Labute approximate surface area is 189 Å². The van der Waals surface area contributed by atoms with Crippen LogP contribution in [0.1, 0.15) is 25.5 Å². The minimum Gasteiger partial charge on any atom is -0.477 e. The Balaban J connectivity index is 1.50. The molecule has 3 aliphatic rings. The fourth-order valence-corrected chi connectivity index (χ4v) is 4.97. The van der Waals surface area contributed by atoms with E-state index in [4.69, 9.17) is 15.3 Å². The predicted molar refractivity (Wildman–Crippen MR) is 113 cm³/mol. The highest BCUT2D eigenvalue weighted by Crippen LogP contribution is 2.40. The summed E-state index contributed by atoms with van der Waals surface area (Å²) in [6.45, 7) is 0.986. The van der Waals surface area contributed by atoms with Crippen LogP contribution in [0.3, 0.4) is 0 Å². The summed E-state index contributed by atoms with van der Waals surface area (Å²) in [5.41, 5.74) is 5.85. The van der Waals surface area contributed by atoms with Gasteiger partial charge in [-0.15, -0.1) is 23.1 Å². The molecular formula is C18H19N5O7S2. The number of nitrogens with two attached hydrogens (primary N) is 1. The lowest BCUT2D eigenvalue weighted by atomic mass is 10.0. The van der Waals surface area contributed by atoms with Crippen molar-refractivity contribution in [3.63, 3.8) is 0 Å². The lowest BCUT2D eigenvalue weighted by Gasteiger charge is -2.49. The number of ether oxygens (including phenoxy) is 1. The van der Waals surface area contributed by atoms with Crippen molar-refractivity contribution < 1.29 is 33.9 Å². The zero-order valence-corrected chi connectivity index (χ0v) is 18.4. The van der Waals surface area contributed by atoms with Crippen LogP contribution in [-0.4, -0.2) is 74.3 Å². The topological polar surface area (TPSA) is 174 Å². The number of fused-ring (bicyclic) bond motifs is 1. The number of anilines is 1. The van der Waals surface area contributed by atoms with E-state index in [9.17, 15) is 24.3 Å². The van der Waals surface area contributed by atoms with E-state index in [0.717, 1.165) is 29.1 Å². The van der Waals surface area contributed by atoms with Crippen LogP contribution in [-0.2, 0) is 28.8 Å². The number of nitrogen functional groups attached to an aromatic ring is 1. The first kappa shape index (κ1) is 22.1. The molecule has 0 aromatic carbocycles. The molecule has 4 rings (SSSR count). The Morgan fingerprint density at radius 2 is 2.16 bits per heavy atom. The molecule has 1 saturated heterocycles. The minimum atomic E-state index is -1.31. The molecule has 2 amide bonds. The molecule has 2 aliphatic heterocycles. The number of nitrogens with zero attached hydrogens (tertiary/aromatic N) is 3. The second kappa shape index (κ2) is 8.78. The van der Waals surface area contributed by atoms with Crippen molar-refractivity contribution in [3.8, 4) is 0 Å². The second-order valence-electron chi connectivity index (χ2n) is 7.21. The summed E-state index contributed by atoms with van der Waals surface area (Å²) in [6, 6.07) is -0.959. The van der Waals surface area contributed by atoms with Gasteiger partial charge in [-0.05, 0) is 12.8 Å². The molecule has 2 atom stereocenters. The Morgan fingerprint density at radius 3 is 2.75 bits per heavy atom. The molecule has 1 saturated carbocycles. The number of carbonyl (C=O) groups is 4. The lowest BCUT2D eigenvalue weighted by Crippen LogP contribution is -2.71. The first-order valence-electron chi connectivity index (χ1n) is 9.55. The molecule has 4 N–H and O–H groups in total. The Kier molecular flexibility index (Phi) is 6.06. The monoisotopic (exact) mass is 481 g/mol. The summed E-state index contributed by atoms with van der Waals surface area (Å²) < 4.78 is 4.90. The van der Waals surface area contributed by atoms with E-state index >= 15 is 0 Å². The van der Waals surface area contributed by atoms with Crippen LogP contribution in [0.5, 0.6) is 0 Å². The van der Waals surface area contributed by atoms with Gasteiger partial charge in [0.15, 0.2) is 10.8 Å². The molecule has 0 unspecified atom stereocenters. The third-order valence-corrected chi connectivity index (χ3v) is 6.80. The maximum Gasteiger partial charge on any atom is 0.352 e. The fraction of sp³-hybridized carbons (Fsp3) is 0.444. The van der Waals surface area contributed by atoms with Crippen molar-refractivity contribution in [1.29, 1.82) is 0 Å². The fourth-order valence-electron chi connectivity index (χ4n) is 3.09. The van der Waals surface area contributed by atoms with Crippen LogP contribution in [0.4, 0.5) is 5.13 Å². The maximum absolute atomic E-state index is 12.9. The first-order valence-corrected chi connectivity index (χ1v) is 11.5. The number of amides is 2. The van der Waals surface area contributed by atoms with Gasteiger partial charge >= 0.3 is 11.9 Å². The Morgan fingerprint density at radius 1 is 1.41 bits per heavy atom. The summed E-state index contributed by atoms with van der Waals surface area (Å²) in [5.74, 6) is -2.91. The van der Waals surface area contributed by atoms with Gasteiger partial charge in [-0.2, -0.15) is 0 Å². The average Bonchev–Trinajstić information content (AvgIpc) is 3.48. The van der Waals surface area contributed by atoms with Crippen LogP contribution < -0.4 is 11.1 Å². The van der Waals surface area contributed by atoms with Crippen LogP contribution in [0, 0.1) is 0 Å². The van der Waals surface area contributed by atoms with Gasteiger partial charge in [0.1, 0.15) is 35.5 Å². The molecule has 3 heterocycles. The normalized spacial score (nSPS) is 22.7. The second-order valence-corrected chi connectivity index (χ2v) is 9.21. The summed E-state index contributed by atoms with van der Waals surface area (Å²) in [5, 5.41) is 17.3. The van der Waals surface area contributed by atoms with Gasteiger partial charge in [0.2, 0.25) is 0 Å². The number of hydrogen-bond donors (Lipinski definition) is 3. The molecule has 0 bridgehead atoms. The molecule has 32 heavy (non-hydrogen) atoms. The van der Waals surface area contributed by atoms with Crippen molar-refractivity contribution in [2.75, 3.05) is 18.1 Å². The molecule has 1 aromatic rings. The third-order valence-electron chi connectivity index (χ3n) is 4.78. The van der Waals surface area contributed by atoms with Crippen molar-refractivity contribution in [3.05, 3.63) is 22.3 Å². The van der Waals surface area contributed by atoms with Gasteiger partial charge in [-0.1, -0.05) is 5.16 Å². The number of carboxylic acid groups (broad SMARTS) is 1. The number of nitrogens with one attached hydrogen (secondary N) is 1. The molecule has 2 fully saturated rings. The van der Waals surface area contributed by atoms with Crippen molar-refractivity contribution in [2.45, 2.75) is 37.3 Å². The molecule has 170 valence electrons. The lowest BCUT2D eigenvalue weighted by molar-refractivity contribution is -0.150. The number of carboxylic acids is 1. The van der Waals surface area contributed by atoms with Gasteiger partial charge in [0.05, 0.1) is 0 Å². The number of thiazole rings is 1. The predicted octanol–water partition coefficient (Wildman–Crippen LogP) is -0.0899. The SMILES string of the molecule is CC(=O)OCC1=C(C(=O)O)N2C(=O)[C@H](NC(=O)C(=NOC3CC3)c3csc(N)n3)[C@H]2SC1. The van der Waals surface area contributed by atoms with E-state index in [1.807, 2.05) is 0 Å². The molecule has 12 nitrogen and oxygen atoms in total. The van der Waals surface area contributed by atoms with Gasteiger partial charge in [-0.3, -0.25) is 19.3 Å². The summed E-state index contributed by atoms with van der Waals surface area (Å²) in [6.07, 6.45) is 1.63. The van der Waals surface area contributed by atoms with Crippen LogP contribution in [0.25, 0.3) is 0 Å². The van der Waals surface area contributed by atoms with E-state index in [1.54, 1.807) is 5.38 Å². The minimum absolute atomic E-state index is 0.0533. The maximum atomic E-state index is 12.9. The number of aromatic nitrogens is 1. The zero-order chi connectivity index (χ0) is 23.0. The van der Waals surface area contributed by atoms with Crippen molar-refractivity contribution in [2.24, 2.45) is 5.16 Å². The largest absolute Gasteiger partial charge is 0.477 e. The van der Waals surface area contributed by atoms with E-state index in [1.165, 1.54) is 18.7 Å². The average molecular weight is 482 g/mol. The summed E-state index contributed by atoms with van der Waals surface area (Å²) >= 11 is 2.39. The number of oxime groups is 1. The highest BCUT2D eigenvalue weighted by Gasteiger charge is 2.54. The number of hydrogen-bond acceptors (Lipinski definition) is 11. The first-order chi connectivity index (χ1) is 15.3. The number of esters is 1. The van der Waals surface area contributed by atoms with E-state index in [-0.39, 0.29) is 40.7 Å². The van der Waals surface area contributed by atoms with E-state index in [2.05, 4.69) is 15.5 Å². The van der Waals surface area contributed by atoms with Crippen LogP contribution in [0.15, 0.2) is 21.8 Å². The number of β-lactam (4-membered cyclic amide) rings is 1. The third kappa shape index (κ3) is 4.41. The number of aliphatic carboxylic acids is 1. The van der Waals surface area contributed by atoms with Crippen LogP contribution in [0.2, 0.25) is 0 Å². The van der Waals surface area contributed by atoms with Crippen molar-refractivity contribution in [1.82, 2.24) is 15.2 Å². The van der Waals surface area contributed by atoms with E-state index < -0.39 is 35.2 Å². The molecule has 0 spiro atoms. The molecular weight excluding hydrogens is 462 g/mol. The van der Waals surface area contributed by atoms with Gasteiger partial charge in [-0.25, -0.2) is 9.78 Å². The van der Waals surface area contributed by atoms with E-state index in [0.29, 0.717) is 5.57 Å². The Bertz CT molecular complexity index is 1050. The molecule has 14 heteroatoms. The van der Waals surface area contributed by atoms with Gasteiger partial charge in [0.25, 0.3) is 11.8 Å². The number of thioether (sulfide) groups is 1. The molecule has 1 aromatic heterocycles. The highest BCUT2D eigenvalue weighted by molar-refractivity contribution is 8.00.